The van der Waals surface area contributed by atoms with Gasteiger partial charge in [-0.2, -0.15) is 8.78 Å². The van der Waals surface area contributed by atoms with Gasteiger partial charge < -0.3 is 10.4 Å². The minimum Gasteiger partial charge on any atom is -0.387 e. The third-order valence-electron chi connectivity index (χ3n) is 6.06. The van der Waals surface area contributed by atoms with E-state index in [4.69, 9.17) is 0 Å². The summed E-state index contributed by atoms with van der Waals surface area (Å²) in [6.07, 6.45) is 2.30. The Kier molecular flexibility index (Phi) is 7.22. The Balaban J connectivity index is 1.85. The molecule has 4 aromatic rings. The van der Waals surface area contributed by atoms with Gasteiger partial charge in [-0.05, 0) is 36.6 Å². The average Bonchev–Trinajstić information content (AvgIpc) is 2.88. The smallest absolute Gasteiger partial charge is 0.298 e. The molecular weight excluding hydrogens is 460 g/mol. The number of anilines is 1. The molecule has 1 amide bonds. The number of amides is 1. The number of aliphatic hydroxyl groups excluding tert-OH is 1. The van der Waals surface area contributed by atoms with Crippen molar-refractivity contribution < 1.29 is 18.7 Å². The number of nitrogens with zero attached hydrogens (tertiary/aromatic N) is 2. The Morgan fingerprint density at radius 3 is 2.22 bits per heavy atom. The highest BCUT2D eigenvalue weighted by Gasteiger charge is 2.37. The van der Waals surface area contributed by atoms with Crippen molar-refractivity contribution in [2.24, 2.45) is 0 Å². The zero-order valence-electron chi connectivity index (χ0n) is 20.3. The molecule has 4 rings (SSSR count). The number of rotatable bonds is 7. The van der Waals surface area contributed by atoms with E-state index in [1.54, 1.807) is 30.6 Å². The summed E-state index contributed by atoms with van der Waals surface area (Å²) in [6, 6.07) is 19.2. The molecule has 1 heterocycles. The summed E-state index contributed by atoms with van der Waals surface area (Å²) in [7, 11) is 0. The third-order valence-corrected chi connectivity index (χ3v) is 6.06. The van der Waals surface area contributed by atoms with Gasteiger partial charge in [0.1, 0.15) is 6.10 Å². The van der Waals surface area contributed by atoms with E-state index in [2.05, 4.69) is 28.3 Å². The van der Waals surface area contributed by atoms with Crippen LogP contribution in [0.2, 0.25) is 0 Å². The van der Waals surface area contributed by atoms with Gasteiger partial charge in [0.2, 0.25) is 5.91 Å². The number of nitrogens with one attached hydrogen (secondary N) is 1. The lowest BCUT2D eigenvalue weighted by atomic mass is 9.94. The second-order valence-corrected chi connectivity index (χ2v) is 8.58. The van der Waals surface area contributed by atoms with E-state index in [-0.39, 0.29) is 11.5 Å². The highest BCUT2D eigenvalue weighted by atomic mass is 19.3. The molecule has 0 fully saturated rings. The highest BCUT2D eigenvalue weighted by Crippen LogP contribution is 2.38. The van der Waals surface area contributed by atoms with E-state index in [0.29, 0.717) is 22.5 Å². The van der Waals surface area contributed by atoms with Gasteiger partial charge in [0, 0.05) is 47.3 Å². The Bertz CT molecular complexity index is 1390. The first kappa shape index (κ1) is 25.1. The van der Waals surface area contributed by atoms with Gasteiger partial charge in [0.25, 0.3) is 5.92 Å². The number of alkyl halides is 2. The van der Waals surface area contributed by atoms with Crippen LogP contribution >= 0.6 is 0 Å². The van der Waals surface area contributed by atoms with E-state index < -0.39 is 12.0 Å². The number of carbonyl (C=O) groups excluding carboxylic acids is 1. The van der Waals surface area contributed by atoms with Crippen molar-refractivity contribution >= 4 is 11.6 Å². The minimum absolute atomic E-state index is 0.252. The maximum Gasteiger partial charge on any atom is 0.298 e. The number of aliphatic hydroxyl groups is 1. The van der Waals surface area contributed by atoms with Gasteiger partial charge >= 0.3 is 0 Å². The first-order chi connectivity index (χ1) is 17.2. The predicted molar refractivity (Wildman–Crippen MR) is 138 cm³/mol. The van der Waals surface area contributed by atoms with E-state index in [9.17, 15) is 18.7 Å². The lowest BCUT2D eigenvalue weighted by Gasteiger charge is -2.20. The van der Waals surface area contributed by atoms with Gasteiger partial charge in [-0.15, -0.1) is 0 Å². The summed E-state index contributed by atoms with van der Waals surface area (Å²) in [5.74, 6) is -3.62. The maximum absolute atomic E-state index is 14.3. The predicted octanol–water partition coefficient (Wildman–Crippen LogP) is 6.47. The molecule has 1 atom stereocenters. The number of hydrogen-bond acceptors (Lipinski definition) is 4. The first-order valence-electron chi connectivity index (χ1n) is 11.7. The van der Waals surface area contributed by atoms with Crippen molar-refractivity contribution in [1.82, 2.24) is 9.97 Å². The molecule has 1 aromatic heterocycles. The molecule has 184 valence electrons. The monoisotopic (exact) mass is 487 g/mol. The zero-order valence-corrected chi connectivity index (χ0v) is 20.3. The molecule has 3 aromatic carbocycles. The Morgan fingerprint density at radius 1 is 0.944 bits per heavy atom. The number of carbonyl (C=O) groups is 1. The van der Waals surface area contributed by atoms with Crippen LogP contribution in [-0.4, -0.2) is 27.1 Å². The molecule has 0 saturated heterocycles. The number of aryl methyl sites for hydroxylation is 1. The standard InChI is InChI=1S/C29H27F2N3O2/c1-4-20-7-5-6-8-24(20)28-27(32-15-16-33-28)22-11-14-26(34-19(3)36)25(17-22)21-9-12-23(13-10-21)29(30,31)18(2)35/h5-18,35H,4H2,1-3H3,(H,34,36)/t18-/m0/s1. The molecule has 0 aliphatic carbocycles. The summed E-state index contributed by atoms with van der Waals surface area (Å²) in [4.78, 5) is 21.1. The van der Waals surface area contributed by atoms with Crippen LogP contribution in [0.4, 0.5) is 14.5 Å². The highest BCUT2D eigenvalue weighted by molar-refractivity contribution is 5.95. The molecular formula is C29H27F2N3O2. The van der Waals surface area contributed by atoms with Crippen LogP contribution < -0.4 is 5.32 Å². The van der Waals surface area contributed by atoms with Crippen molar-refractivity contribution in [3.63, 3.8) is 0 Å². The SMILES string of the molecule is CCc1ccccc1-c1nccnc1-c1ccc(NC(C)=O)c(-c2ccc(C(F)(F)[C@H](C)O)cc2)c1. The number of hydrogen-bond donors (Lipinski definition) is 2. The molecule has 0 spiro atoms. The lowest BCUT2D eigenvalue weighted by Crippen LogP contribution is -2.27. The Morgan fingerprint density at radius 2 is 1.58 bits per heavy atom. The van der Waals surface area contributed by atoms with Crippen molar-refractivity contribution in [3.8, 4) is 33.6 Å². The van der Waals surface area contributed by atoms with Crippen LogP contribution in [-0.2, 0) is 17.1 Å². The largest absolute Gasteiger partial charge is 0.387 e. The first-order valence-corrected chi connectivity index (χ1v) is 11.7. The van der Waals surface area contributed by atoms with Gasteiger partial charge in [-0.25, -0.2) is 0 Å². The number of aromatic nitrogens is 2. The van der Waals surface area contributed by atoms with E-state index >= 15 is 0 Å². The fourth-order valence-electron chi connectivity index (χ4n) is 4.15. The second kappa shape index (κ2) is 10.3. The normalized spacial score (nSPS) is 12.3. The zero-order chi connectivity index (χ0) is 25.9. The van der Waals surface area contributed by atoms with E-state index in [0.717, 1.165) is 35.7 Å². The van der Waals surface area contributed by atoms with Gasteiger partial charge in [0.15, 0.2) is 0 Å². The minimum atomic E-state index is -3.37. The third kappa shape index (κ3) is 5.02. The summed E-state index contributed by atoms with van der Waals surface area (Å²) in [5.41, 5.74) is 5.84. The fraction of sp³-hybridized carbons (Fsp3) is 0.207. The molecule has 0 saturated carbocycles. The average molecular weight is 488 g/mol. The number of halogens is 2. The van der Waals surface area contributed by atoms with Crippen molar-refractivity contribution in [1.29, 1.82) is 0 Å². The van der Waals surface area contributed by atoms with Crippen LogP contribution in [0.5, 0.6) is 0 Å². The Hall–Kier alpha value is -3.97. The lowest BCUT2D eigenvalue weighted by molar-refractivity contribution is -0.114. The van der Waals surface area contributed by atoms with Crippen LogP contribution in [0.3, 0.4) is 0 Å². The van der Waals surface area contributed by atoms with Crippen LogP contribution in [0.25, 0.3) is 33.6 Å². The maximum atomic E-state index is 14.3. The van der Waals surface area contributed by atoms with Crippen molar-refractivity contribution in [2.75, 3.05) is 5.32 Å². The van der Waals surface area contributed by atoms with E-state index in [1.807, 2.05) is 30.3 Å². The molecule has 0 unspecified atom stereocenters. The molecule has 5 nitrogen and oxygen atoms in total. The van der Waals surface area contributed by atoms with Gasteiger partial charge in [-0.1, -0.05) is 61.5 Å². The molecule has 0 aliphatic rings. The quantitative estimate of drug-likeness (QED) is 0.313. The fourth-order valence-corrected chi connectivity index (χ4v) is 4.15. The van der Waals surface area contributed by atoms with Crippen LogP contribution in [0, 0.1) is 0 Å². The molecule has 0 bridgehead atoms. The summed E-state index contributed by atoms with van der Waals surface area (Å²) >= 11 is 0. The Labute approximate surface area is 208 Å². The number of benzene rings is 3. The van der Waals surface area contributed by atoms with Crippen molar-refractivity contribution in [2.45, 2.75) is 39.2 Å². The summed E-state index contributed by atoms with van der Waals surface area (Å²) < 4.78 is 28.6. The molecule has 2 N–H and O–H groups in total. The van der Waals surface area contributed by atoms with Crippen LogP contribution in [0.15, 0.2) is 79.1 Å². The molecule has 36 heavy (non-hydrogen) atoms. The summed E-state index contributed by atoms with van der Waals surface area (Å²) in [6.45, 7) is 4.55. The van der Waals surface area contributed by atoms with E-state index in [1.165, 1.54) is 19.1 Å². The molecule has 0 radical (unpaired) electrons. The van der Waals surface area contributed by atoms with Gasteiger partial charge in [0.05, 0.1) is 11.4 Å². The van der Waals surface area contributed by atoms with Crippen molar-refractivity contribution in [3.05, 3.63) is 90.3 Å². The van der Waals surface area contributed by atoms with Crippen LogP contribution in [0.1, 0.15) is 31.9 Å². The summed E-state index contributed by atoms with van der Waals surface area (Å²) in [5, 5.41) is 12.3. The molecule has 0 aliphatic heterocycles. The second-order valence-electron chi connectivity index (χ2n) is 8.58. The van der Waals surface area contributed by atoms with Gasteiger partial charge in [-0.3, -0.25) is 14.8 Å². The topological polar surface area (TPSA) is 75.1 Å². The molecule has 7 heteroatoms.